The highest BCUT2D eigenvalue weighted by Crippen LogP contribution is 2.28. The number of rotatable bonds is 3. The Kier molecular flexibility index (Phi) is 3.06. The first-order valence-corrected chi connectivity index (χ1v) is 5.75. The van der Waals surface area contributed by atoms with Crippen LogP contribution in [0.15, 0.2) is 24.3 Å². The van der Waals surface area contributed by atoms with Gasteiger partial charge >= 0.3 is 5.97 Å². The van der Waals surface area contributed by atoms with Crippen LogP contribution in [-0.2, 0) is 9.59 Å². The number of carboxylic acids is 1. The molecule has 2 rings (SSSR count). The summed E-state index contributed by atoms with van der Waals surface area (Å²) in [6.45, 7) is 0.962. The van der Waals surface area contributed by atoms with E-state index in [1.54, 1.807) is 0 Å². The van der Waals surface area contributed by atoms with E-state index in [1.807, 2.05) is 24.3 Å². The molecule has 0 spiro atoms. The average Bonchev–Trinajstić information content (AvgIpc) is 2.68. The molecule has 0 atom stereocenters. The molecule has 2 aromatic rings. The zero-order chi connectivity index (χ0) is 12.4. The van der Waals surface area contributed by atoms with Crippen molar-refractivity contribution in [1.29, 1.82) is 0 Å². The van der Waals surface area contributed by atoms with Crippen LogP contribution in [-0.4, -0.2) is 28.5 Å². The predicted octanol–water partition coefficient (Wildman–Crippen LogP) is 1.73. The van der Waals surface area contributed by atoms with Crippen molar-refractivity contribution in [2.24, 2.45) is 0 Å². The van der Waals surface area contributed by atoms with Crippen LogP contribution in [0.2, 0.25) is 0 Å². The molecule has 6 heteroatoms. The molecule has 17 heavy (non-hydrogen) atoms. The molecule has 0 aliphatic heterocycles. The van der Waals surface area contributed by atoms with E-state index in [0.29, 0.717) is 5.13 Å². The first kappa shape index (κ1) is 11.5. The first-order valence-electron chi connectivity index (χ1n) is 4.93. The minimum atomic E-state index is -1.06. The van der Waals surface area contributed by atoms with Crippen molar-refractivity contribution in [3.63, 3.8) is 0 Å². The van der Waals surface area contributed by atoms with E-state index in [9.17, 15) is 9.59 Å². The van der Waals surface area contributed by atoms with Gasteiger partial charge in [0.25, 0.3) is 0 Å². The third kappa shape index (κ3) is 2.42. The van der Waals surface area contributed by atoms with Crippen molar-refractivity contribution in [2.45, 2.75) is 6.92 Å². The standard InChI is InChI=1S/C11H10N2O3S/c1-7(14)13(6-10(15)16)11-12-8-4-2-3-5-9(8)17-11/h2-5H,6H2,1H3,(H,15,16). The Bertz CT molecular complexity index is 546. The maximum Gasteiger partial charge on any atom is 0.323 e. The van der Waals surface area contributed by atoms with Gasteiger partial charge in [-0.25, -0.2) is 4.98 Å². The summed E-state index contributed by atoms with van der Waals surface area (Å²) in [7, 11) is 0. The smallest absolute Gasteiger partial charge is 0.323 e. The molecule has 1 aromatic carbocycles. The number of aliphatic carboxylic acids is 1. The Morgan fingerprint density at radius 1 is 1.41 bits per heavy atom. The van der Waals surface area contributed by atoms with Gasteiger partial charge in [-0.15, -0.1) is 0 Å². The van der Waals surface area contributed by atoms with Crippen LogP contribution in [0.5, 0.6) is 0 Å². The van der Waals surface area contributed by atoms with Crippen LogP contribution < -0.4 is 4.90 Å². The van der Waals surface area contributed by atoms with Gasteiger partial charge in [0.2, 0.25) is 5.91 Å². The topological polar surface area (TPSA) is 70.5 Å². The van der Waals surface area contributed by atoms with Crippen molar-refractivity contribution in [3.05, 3.63) is 24.3 Å². The zero-order valence-corrected chi connectivity index (χ0v) is 9.90. The summed E-state index contributed by atoms with van der Waals surface area (Å²) in [6.07, 6.45) is 0. The number of carbonyl (C=O) groups is 2. The van der Waals surface area contributed by atoms with E-state index >= 15 is 0 Å². The molecule has 1 amide bonds. The van der Waals surface area contributed by atoms with Gasteiger partial charge < -0.3 is 5.11 Å². The molecule has 0 bridgehead atoms. The van der Waals surface area contributed by atoms with Gasteiger partial charge in [0.15, 0.2) is 5.13 Å². The number of anilines is 1. The summed E-state index contributed by atoms with van der Waals surface area (Å²) in [5.74, 6) is -1.38. The lowest BCUT2D eigenvalue weighted by Crippen LogP contribution is -2.33. The third-order valence-electron chi connectivity index (χ3n) is 2.19. The molecule has 5 nitrogen and oxygen atoms in total. The largest absolute Gasteiger partial charge is 0.480 e. The SMILES string of the molecule is CC(=O)N(CC(=O)O)c1nc2ccccc2s1. The van der Waals surface area contributed by atoms with Crippen LogP contribution in [0.25, 0.3) is 10.2 Å². The highest BCUT2D eigenvalue weighted by molar-refractivity contribution is 7.22. The van der Waals surface area contributed by atoms with Gasteiger partial charge in [-0.05, 0) is 12.1 Å². The normalized spacial score (nSPS) is 10.4. The molecule has 1 aromatic heterocycles. The Morgan fingerprint density at radius 3 is 2.71 bits per heavy atom. The van der Waals surface area contributed by atoms with Crippen molar-refractivity contribution in [1.82, 2.24) is 4.98 Å². The number of aromatic nitrogens is 1. The summed E-state index contributed by atoms with van der Waals surface area (Å²) in [6, 6.07) is 7.44. The monoisotopic (exact) mass is 250 g/mol. The van der Waals surface area contributed by atoms with Crippen LogP contribution in [0, 0.1) is 0 Å². The number of para-hydroxylation sites is 1. The Labute approximate surface area is 101 Å². The average molecular weight is 250 g/mol. The molecule has 1 heterocycles. The zero-order valence-electron chi connectivity index (χ0n) is 9.08. The van der Waals surface area contributed by atoms with Crippen LogP contribution in [0.4, 0.5) is 5.13 Å². The minimum absolute atomic E-state index is 0.327. The number of amides is 1. The van der Waals surface area contributed by atoms with Gasteiger partial charge in [0, 0.05) is 6.92 Å². The predicted molar refractivity (Wildman–Crippen MR) is 65.3 cm³/mol. The molecule has 0 aliphatic carbocycles. The summed E-state index contributed by atoms with van der Waals surface area (Å²) in [5, 5.41) is 9.17. The van der Waals surface area contributed by atoms with Crippen molar-refractivity contribution < 1.29 is 14.7 Å². The number of nitrogens with zero attached hydrogens (tertiary/aromatic N) is 2. The van der Waals surface area contributed by atoms with Crippen molar-refractivity contribution >= 4 is 38.6 Å². The van der Waals surface area contributed by atoms with Gasteiger partial charge in [-0.1, -0.05) is 23.5 Å². The molecule has 0 unspecified atom stereocenters. The quantitative estimate of drug-likeness (QED) is 0.900. The first-order chi connectivity index (χ1) is 8.08. The second-order valence-electron chi connectivity index (χ2n) is 3.46. The summed E-state index contributed by atoms with van der Waals surface area (Å²) < 4.78 is 0.930. The fraction of sp³-hybridized carbons (Fsp3) is 0.182. The molecule has 0 saturated heterocycles. The van der Waals surface area contributed by atoms with Crippen LogP contribution >= 0.6 is 11.3 Å². The maximum absolute atomic E-state index is 11.4. The number of thiazole rings is 1. The Morgan fingerprint density at radius 2 is 2.12 bits per heavy atom. The fourth-order valence-electron chi connectivity index (χ4n) is 1.42. The fourth-order valence-corrected chi connectivity index (χ4v) is 2.43. The third-order valence-corrected chi connectivity index (χ3v) is 3.25. The van der Waals surface area contributed by atoms with E-state index in [2.05, 4.69) is 4.98 Å². The van der Waals surface area contributed by atoms with Crippen LogP contribution in [0.1, 0.15) is 6.92 Å². The highest BCUT2D eigenvalue weighted by atomic mass is 32.1. The summed E-state index contributed by atoms with van der Waals surface area (Å²) >= 11 is 1.31. The summed E-state index contributed by atoms with van der Waals surface area (Å²) in [4.78, 5) is 27.5. The molecule has 0 fully saturated rings. The second-order valence-corrected chi connectivity index (χ2v) is 4.47. The molecule has 88 valence electrons. The van der Waals surface area contributed by atoms with E-state index in [0.717, 1.165) is 15.1 Å². The number of fused-ring (bicyclic) bond motifs is 1. The van der Waals surface area contributed by atoms with Gasteiger partial charge in [0.1, 0.15) is 6.54 Å². The van der Waals surface area contributed by atoms with Gasteiger partial charge in [0.05, 0.1) is 10.2 Å². The number of benzene rings is 1. The molecule has 0 aliphatic rings. The molecule has 0 saturated carbocycles. The van der Waals surface area contributed by atoms with Crippen LogP contribution in [0.3, 0.4) is 0 Å². The second kappa shape index (κ2) is 4.50. The highest BCUT2D eigenvalue weighted by Gasteiger charge is 2.18. The van der Waals surface area contributed by atoms with E-state index < -0.39 is 5.97 Å². The van der Waals surface area contributed by atoms with E-state index in [-0.39, 0.29) is 12.5 Å². The van der Waals surface area contributed by atoms with Gasteiger partial charge in [-0.2, -0.15) is 0 Å². The lowest BCUT2D eigenvalue weighted by atomic mass is 10.3. The summed E-state index contributed by atoms with van der Waals surface area (Å²) in [5.41, 5.74) is 0.768. The van der Waals surface area contributed by atoms with E-state index in [4.69, 9.17) is 5.11 Å². The Balaban J connectivity index is 2.41. The van der Waals surface area contributed by atoms with Crippen molar-refractivity contribution in [2.75, 3.05) is 11.4 Å². The lowest BCUT2D eigenvalue weighted by Gasteiger charge is -2.14. The van der Waals surface area contributed by atoms with Crippen molar-refractivity contribution in [3.8, 4) is 0 Å². The van der Waals surface area contributed by atoms with Gasteiger partial charge in [-0.3, -0.25) is 14.5 Å². The number of carboxylic acid groups (broad SMARTS) is 1. The minimum Gasteiger partial charge on any atom is -0.480 e. The molecular formula is C11H10N2O3S. The lowest BCUT2D eigenvalue weighted by molar-refractivity contribution is -0.136. The Hall–Kier alpha value is -1.95. The molecule has 0 radical (unpaired) electrons. The number of hydrogen-bond acceptors (Lipinski definition) is 4. The molecule has 1 N–H and O–H groups in total. The van der Waals surface area contributed by atoms with E-state index in [1.165, 1.54) is 18.3 Å². The molecular weight excluding hydrogens is 240 g/mol. The number of hydrogen-bond donors (Lipinski definition) is 1. The number of carbonyl (C=O) groups excluding carboxylic acids is 1. The maximum atomic E-state index is 11.4.